The van der Waals surface area contributed by atoms with Gasteiger partial charge in [-0.25, -0.2) is 0 Å². The number of rotatable bonds is 6. The summed E-state index contributed by atoms with van der Waals surface area (Å²) in [6, 6.07) is 8.31. The lowest BCUT2D eigenvalue weighted by Gasteiger charge is -2.26. The highest BCUT2D eigenvalue weighted by molar-refractivity contribution is 5.93. The zero-order valence-electron chi connectivity index (χ0n) is 11.9. The Labute approximate surface area is 115 Å². The number of para-hydroxylation sites is 1. The van der Waals surface area contributed by atoms with Crippen LogP contribution in [0, 0.1) is 0 Å². The van der Waals surface area contributed by atoms with Gasteiger partial charge in [0, 0.05) is 36.8 Å². The topological polar surface area (TPSA) is 42.1 Å². The van der Waals surface area contributed by atoms with E-state index in [1.807, 2.05) is 12.3 Å². The standard InChI is InChI=1S/C16H23N3/c1-3-5-10-19(4-2)16-13(11-17)12-18-15-9-7-6-8-14(15)16/h6-9,12H,3-5,10-11,17H2,1-2H3. The summed E-state index contributed by atoms with van der Waals surface area (Å²) >= 11 is 0. The van der Waals surface area contributed by atoms with Crippen molar-refractivity contribution in [1.29, 1.82) is 0 Å². The Bertz CT molecular complexity index is 537. The van der Waals surface area contributed by atoms with Gasteiger partial charge in [-0.2, -0.15) is 0 Å². The molecule has 2 rings (SSSR count). The smallest absolute Gasteiger partial charge is 0.0723 e. The van der Waals surface area contributed by atoms with E-state index in [0.29, 0.717) is 6.54 Å². The van der Waals surface area contributed by atoms with Crippen LogP contribution in [-0.2, 0) is 6.54 Å². The molecule has 2 N–H and O–H groups in total. The number of hydrogen-bond donors (Lipinski definition) is 1. The minimum absolute atomic E-state index is 0.537. The Morgan fingerprint density at radius 2 is 2.00 bits per heavy atom. The van der Waals surface area contributed by atoms with E-state index >= 15 is 0 Å². The molecule has 0 amide bonds. The first-order chi connectivity index (χ1) is 9.31. The summed E-state index contributed by atoms with van der Waals surface area (Å²) in [5.74, 6) is 0. The van der Waals surface area contributed by atoms with E-state index in [9.17, 15) is 0 Å². The second-order valence-electron chi connectivity index (χ2n) is 4.79. The predicted molar refractivity (Wildman–Crippen MR) is 82.4 cm³/mol. The zero-order chi connectivity index (χ0) is 13.7. The molecule has 0 unspecified atom stereocenters. The third-order valence-electron chi connectivity index (χ3n) is 3.52. The zero-order valence-corrected chi connectivity index (χ0v) is 11.9. The van der Waals surface area contributed by atoms with Gasteiger partial charge < -0.3 is 10.6 Å². The minimum Gasteiger partial charge on any atom is -0.371 e. The summed E-state index contributed by atoms with van der Waals surface area (Å²) in [5.41, 5.74) is 9.35. The fourth-order valence-electron chi connectivity index (χ4n) is 2.47. The van der Waals surface area contributed by atoms with Crippen LogP contribution in [0.4, 0.5) is 5.69 Å². The van der Waals surface area contributed by atoms with Crippen LogP contribution in [0.25, 0.3) is 10.9 Å². The van der Waals surface area contributed by atoms with Crippen LogP contribution in [0.5, 0.6) is 0 Å². The van der Waals surface area contributed by atoms with Gasteiger partial charge in [0.15, 0.2) is 0 Å². The number of benzene rings is 1. The Balaban J connectivity index is 2.53. The van der Waals surface area contributed by atoms with Crippen molar-refractivity contribution in [2.75, 3.05) is 18.0 Å². The van der Waals surface area contributed by atoms with Crippen molar-refractivity contribution < 1.29 is 0 Å². The molecular formula is C16H23N3. The molecule has 0 spiro atoms. The number of hydrogen-bond acceptors (Lipinski definition) is 3. The van der Waals surface area contributed by atoms with Gasteiger partial charge in [-0.3, -0.25) is 4.98 Å². The van der Waals surface area contributed by atoms with E-state index in [-0.39, 0.29) is 0 Å². The number of nitrogens with zero attached hydrogens (tertiary/aromatic N) is 2. The van der Waals surface area contributed by atoms with Crippen LogP contribution in [0.3, 0.4) is 0 Å². The molecule has 1 aromatic carbocycles. The lowest BCUT2D eigenvalue weighted by molar-refractivity contribution is 0.730. The van der Waals surface area contributed by atoms with Crippen LogP contribution in [0.15, 0.2) is 30.5 Å². The van der Waals surface area contributed by atoms with Crippen molar-refractivity contribution >= 4 is 16.6 Å². The molecule has 0 saturated carbocycles. The first kappa shape index (κ1) is 13.8. The highest BCUT2D eigenvalue weighted by atomic mass is 15.1. The largest absolute Gasteiger partial charge is 0.371 e. The van der Waals surface area contributed by atoms with Crippen molar-refractivity contribution in [2.24, 2.45) is 5.73 Å². The molecule has 102 valence electrons. The highest BCUT2D eigenvalue weighted by Gasteiger charge is 2.13. The number of fused-ring (bicyclic) bond motifs is 1. The highest BCUT2D eigenvalue weighted by Crippen LogP contribution is 2.29. The summed E-state index contributed by atoms with van der Waals surface area (Å²) in [6.07, 6.45) is 4.33. The molecule has 0 aliphatic heterocycles. The SMILES string of the molecule is CCCCN(CC)c1c(CN)cnc2ccccc12. The molecule has 19 heavy (non-hydrogen) atoms. The van der Waals surface area contributed by atoms with Crippen LogP contribution >= 0.6 is 0 Å². The second kappa shape index (κ2) is 6.53. The van der Waals surface area contributed by atoms with Crippen LogP contribution in [0.1, 0.15) is 32.3 Å². The fourth-order valence-corrected chi connectivity index (χ4v) is 2.47. The average Bonchev–Trinajstić information content (AvgIpc) is 2.47. The van der Waals surface area contributed by atoms with Gasteiger partial charge >= 0.3 is 0 Å². The quantitative estimate of drug-likeness (QED) is 0.863. The van der Waals surface area contributed by atoms with Gasteiger partial charge in [0.1, 0.15) is 0 Å². The molecule has 0 fully saturated rings. The molecule has 0 radical (unpaired) electrons. The number of unbranched alkanes of at least 4 members (excludes halogenated alkanes) is 1. The molecule has 3 nitrogen and oxygen atoms in total. The molecule has 0 aliphatic carbocycles. The molecule has 0 saturated heterocycles. The van der Waals surface area contributed by atoms with E-state index in [1.165, 1.54) is 23.9 Å². The summed E-state index contributed by atoms with van der Waals surface area (Å²) in [4.78, 5) is 6.93. The van der Waals surface area contributed by atoms with E-state index in [0.717, 1.165) is 24.2 Å². The first-order valence-corrected chi connectivity index (χ1v) is 7.13. The van der Waals surface area contributed by atoms with Gasteiger partial charge in [-0.05, 0) is 19.4 Å². The van der Waals surface area contributed by atoms with Gasteiger partial charge in [-0.1, -0.05) is 31.5 Å². The Kier molecular flexibility index (Phi) is 4.74. The summed E-state index contributed by atoms with van der Waals surface area (Å²) in [6.45, 7) is 7.04. The maximum Gasteiger partial charge on any atom is 0.0723 e. The first-order valence-electron chi connectivity index (χ1n) is 7.13. The van der Waals surface area contributed by atoms with Crippen molar-refractivity contribution in [1.82, 2.24) is 4.98 Å². The number of aromatic nitrogens is 1. The molecule has 1 aromatic heterocycles. The molecule has 0 atom stereocenters. The van der Waals surface area contributed by atoms with Crippen LogP contribution in [0.2, 0.25) is 0 Å². The normalized spacial score (nSPS) is 10.9. The lowest BCUT2D eigenvalue weighted by Crippen LogP contribution is -2.26. The lowest BCUT2D eigenvalue weighted by atomic mass is 10.1. The van der Waals surface area contributed by atoms with Crippen LogP contribution < -0.4 is 10.6 Å². The van der Waals surface area contributed by atoms with Crippen LogP contribution in [-0.4, -0.2) is 18.1 Å². The van der Waals surface area contributed by atoms with E-state index < -0.39 is 0 Å². The predicted octanol–water partition coefficient (Wildman–Crippen LogP) is 3.32. The van der Waals surface area contributed by atoms with Gasteiger partial charge in [0.25, 0.3) is 0 Å². The van der Waals surface area contributed by atoms with Gasteiger partial charge in [0.2, 0.25) is 0 Å². The Morgan fingerprint density at radius 3 is 2.68 bits per heavy atom. The summed E-state index contributed by atoms with van der Waals surface area (Å²) in [7, 11) is 0. The van der Waals surface area contributed by atoms with Crippen molar-refractivity contribution in [2.45, 2.75) is 33.2 Å². The van der Waals surface area contributed by atoms with E-state index in [1.54, 1.807) is 0 Å². The maximum atomic E-state index is 5.90. The number of pyridine rings is 1. The molecular weight excluding hydrogens is 234 g/mol. The minimum atomic E-state index is 0.537. The second-order valence-corrected chi connectivity index (χ2v) is 4.79. The third-order valence-corrected chi connectivity index (χ3v) is 3.52. The van der Waals surface area contributed by atoms with Crippen molar-refractivity contribution in [3.05, 3.63) is 36.0 Å². The molecule has 1 heterocycles. The molecule has 0 aliphatic rings. The Hall–Kier alpha value is -1.61. The van der Waals surface area contributed by atoms with E-state index in [4.69, 9.17) is 5.73 Å². The third kappa shape index (κ3) is 2.87. The van der Waals surface area contributed by atoms with Gasteiger partial charge in [-0.15, -0.1) is 0 Å². The molecule has 3 heteroatoms. The molecule has 2 aromatic rings. The Morgan fingerprint density at radius 1 is 1.21 bits per heavy atom. The van der Waals surface area contributed by atoms with Gasteiger partial charge in [0.05, 0.1) is 11.2 Å². The van der Waals surface area contributed by atoms with Crippen molar-refractivity contribution in [3.8, 4) is 0 Å². The number of nitrogens with two attached hydrogens (primary N) is 1. The summed E-state index contributed by atoms with van der Waals surface area (Å²) in [5, 5.41) is 1.21. The number of anilines is 1. The summed E-state index contributed by atoms with van der Waals surface area (Å²) < 4.78 is 0. The molecule has 0 bridgehead atoms. The average molecular weight is 257 g/mol. The van der Waals surface area contributed by atoms with E-state index in [2.05, 4.69) is 41.9 Å². The monoisotopic (exact) mass is 257 g/mol. The fraction of sp³-hybridized carbons (Fsp3) is 0.438. The van der Waals surface area contributed by atoms with Crippen molar-refractivity contribution in [3.63, 3.8) is 0 Å². The maximum absolute atomic E-state index is 5.90.